The van der Waals surface area contributed by atoms with Crippen LogP contribution in [0.15, 0.2) is 18.5 Å². The number of aromatic nitrogens is 1. The van der Waals surface area contributed by atoms with Crippen LogP contribution in [0.1, 0.15) is 47.1 Å². The number of pyridine rings is 1. The molecule has 1 saturated heterocycles. The monoisotopic (exact) mass is 258 g/mol. The summed E-state index contributed by atoms with van der Waals surface area (Å²) >= 11 is 0. The van der Waals surface area contributed by atoms with Crippen LogP contribution in [0.4, 0.5) is 0 Å². The maximum absolute atomic E-state index is 8.88. The Morgan fingerprint density at radius 3 is 2.37 bits per heavy atom. The highest BCUT2D eigenvalue weighted by molar-refractivity contribution is 6.68. The van der Waals surface area contributed by atoms with Crippen LogP contribution in [0.5, 0.6) is 0 Å². The van der Waals surface area contributed by atoms with E-state index >= 15 is 0 Å². The smallest absolute Gasteiger partial charge is 0.329 e. The molecule has 2 rings (SSSR count). The fraction of sp³-hybridized carbons (Fsp3) is 0.600. The molecule has 0 atom stereocenters. The van der Waals surface area contributed by atoms with Gasteiger partial charge in [-0.2, -0.15) is 5.26 Å². The van der Waals surface area contributed by atoms with E-state index in [-0.39, 0.29) is 17.9 Å². The quantitative estimate of drug-likeness (QED) is 0.727. The zero-order valence-corrected chi connectivity index (χ0v) is 12.8. The van der Waals surface area contributed by atoms with Crippen molar-refractivity contribution in [3.63, 3.8) is 0 Å². The number of hydrogen-bond acceptors (Lipinski definition) is 3. The van der Waals surface area contributed by atoms with Gasteiger partial charge in [-0.05, 0) is 37.1 Å². The molecule has 102 valence electrons. The summed E-state index contributed by atoms with van der Waals surface area (Å²) < 4.78 is 6.10. The van der Waals surface area contributed by atoms with Gasteiger partial charge in [-0.25, -0.2) is 0 Å². The average Bonchev–Trinajstić information content (AvgIpc) is 2.61. The van der Waals surface area contributed by atoms with Gasteiger partial charge in [0.25, 0.3) is 0 Å². The predicted octanol–water partition coefficient (Wildman–Crippen LogP) is 3.01. The Morgan fingerprint density at radius 1 is 1.26 bits per heavy atom. The van der Waals surface area contributed by atoms with Gasteiger partial charge in [0.15, 0.2) is 0 Å². The van der Waals surface area contributed by atoms with E-state index in [1.165, 1.54) is 0 Å². The summed E-state index contributed by atoms with van der Waals surface area (Å²) in [6, 6.07) is 3.98. The van der Waals surface area contributed by atoms with E-state index in [1.807, 2.05) is 19.9 Å². The summed E-state index contributed by atoms with van der Waals surface area (Å²) in [7, 11) is 0. The van der Waals surface area contributed by atoms with Gasteiger partial charge in [-0.15, -0.1) is 0 Å². The Morgan fingerprint density at radius 2 is 1.89 bits per heavy atom. The highest BCUT2D eigenvalue weighted by atomic mass is 16.5. The van der Waals surface area contributed by atoms with Gasteiger partial charge >= 0.3 is 6.92 Å². The molecule has 0 saturated carbocycles. The van der Waals surface area contributed by atoms with E-state index in [4.69, 9.17) is 9.92 Å². The minimum atomic E-state index is -0.152. The van der Waals surface area contributed by atoms with E-state index in [0.717, 1.165) is 11.8 Å². The number of rotatable bonds is 1. The van der Waals surface area contributed by atoms with Gasteiger partial charge in [-0.1, -0.05) is 27.7 Å². The van der Waals surface area contributed by atoms with Crippen molar-refractivity contribution >= 4 is 12.4 Å². The Bertz CT molecular complexity index is 461. The Kier molecular flexibility index (Phi) is 4.76. The van der Waals surface area contributed by atoms with E-state index in [9.17, 15) is 0 Å². The van der Waals surface area contributed by atoms with Gasteiger partial charge in [0.1, 0.15) is 6.07 Å². The minimum absolute atomic E-state index is 0.0424. The predicted molar refractivity (Wildman–Crippen MR) is 79.4 cm³/mol. The first-order valence-electron chi connectivity index (χ1n) is 6.89. The van der Waals surface area contributed by atoms with Crippen LogP contribution in [-0.4, -0.2) is 17.5 Å². The lowest BCUT2D eigenvalue weighted by molar-refractivity contribution is 0.0375. The molecule has 19 heavy (non-hydrogen) atoms. The third-order valence-electron chi connectivity index (χ3n) is 4.02. The lowest BCUT2D eigenvalue weighted by Crippen LogP contribution is -2.36. The first-order chi connectivity index (χ1) is 8.86. The van der Waals surface area contributed by atoms with Crippen molar-refractivity contribution in [1.82, 2.24) is 4.98 Å². The van der Waals surface area contributed by atoms with Crippen LogP contribution in [-0.2, 0) is 4.65 Å². The molecule has 0 unspecified atom stereocenters. The van der Waals surface area contributed by atoms with Gasteiger partial charge in [-0.3, -0.25) is 4.98 Å². The first-order valence-corrected chi connectivity index (χ1v) is 6.89. The molecule has 0 bridgehead atoms. The maximum atomic E-state index is 8.88. The van der Waals surface area contributed by atoms with Crippen LogP contribution in [0.2, 0.25) is 6.32 Å². The second-order valence-electron chi connectivity index (χ2n) is 5.82. The molecule has 0 amide bonds. The molecule has 0 N–H and O–H groups in total. The molecule has 0 spiro atoms. The van der Waals surface area contributed by atoms with Crippen molar-refractivity contribution < 1.29 is 4.65 Å². The highest BCUT2D eigenvalue weighted by Crippen LogP contribution is 2.44. The Balaban J connectivity index is 0.000000861. The standard InChI is InChI=1S/C13H17BN2O.C2H6/c1-12(2)9-14(17-13(12,3)4)11-5-10(6-15)7-16-8-11;1-2/h5,7-8H,9H2,1-4H3;1-2H3. The van der Waals surface area contributed by atoms with Crippen molar-refractivity contribution in [2.75, 3.05) is 0 Å². The number of hydrogen-bond donors (Lipinski definition) is 0. The van der Waals surface area contributed by atoms with Crippen LogP contribution < -0.4 is 5.46 Å². The molecule has 0 aromatic carbocycles. The van der Waals surface area contributed by atoms with E-state index in [1.54, 1.807) is 12.4 Å². The molecule has 3 nitrogen and oxygen atoms in total. The first kappa shape index (κ1) is 15.7. The molecule has 1 fully saturated rings. The van der Waals surface area contributed by atoms with Gasteiger partial charge in [0, 0.05) is 12.4 Å². The van der Waals surface area contributed by atoms with Crippen LogP contribution >= 0.6 is 0 Å². The second-order valence-corrected chi connectivity index (χ2v) is 5.82. The zero-order valence-electron chi connectivity index (χ0n) is 12.8. The molecule has 4 heteroatoms. The third-order valence-corrected chi connectivity index (χ3v) is 4.02. The van der Waals surface area contributed by atoms with E-state index < -0.39 is 0 Å². The Labute approximate surface area is 117 Å². The summed E-state index contributed by atoms with van der Waals surface area (Å²) in [5, 5.41) is 8.88. The summed E-state index contributed by atoms with van der Waals surface area (Å²) in [5.74, 6) is 0. The fourth-order valence-electron chi connectivity index (χ4n) is 2.15. The van der Waals surface area contributed by atoms with Crippen molar-refractivity contribution in [2.24, 2.45) is 5.41 Å². The summed E-state index contributed by atoms with van der Waals surface area (Å²) in [6.07, 6.45) is 4.33. The van der Waals surface area contributed by atoms with Crippen LogP contribution in [0.25, 0.3) is 0 Å². The molecule has 1 aromatic rings. The summed E-state index contributed by atoms with van der Waals surface area (Å²) in [4.78, 5) is 4.09. The molecule has 0 radical (unpaired) electrons. The third kappa shape index (κ3) is 3.16. The molecule has 1 aliphatic rings. The van der Waals surface area contributed by atoms with Gasteiger partial charge < -0.3 is 4.65 Å². The summed E-state index contributed by atoms with van der Waals surface area (Å²) in [6.45, 7) is 12.7. The van der Waals surface area contributed by atoms with Crippen molar-refractivity contribution in [3.8, 4) is 6.07 Å². The number of nitrogens with zero attached hydrogens (tertiary/aromatic N) is 2. The van der Waals surface area contributed by atoms with Crippen molar-refractivity contribution in [3.05, 3.63) is 24.0 Å². The molecular formula is C15H23BN2O. The lowest BCUT2D eigenvalue weighted by atomic mass is 9.54. The molecule has 0 aliphatic carbocycles. The largest absolute Gasteiger partial charge is 0.425 e. The Hall–Kier alpha value is -1.34. The van der Waals surface area contributed by atoms with E-state index in [0.29, 0.717) is 5.56 Å². The van der Waals surface area contributed by atoms with Crippen LogP contribution in [0.3, 0.4) is 0 Å². The number of nitriles is 1. The molecule has 1 aliphatic heterocycles. The SMILES string of the molecule is CC.CC1(C)CB(c2cncc(C#N)c2)OC1(C)C. The normalized spacial score (nSPS) is 19.3. The van der Waals surface area contributed by atoms with E-state index in [2.05, 4.69) is 38.7 Å². The average molecular weight is 258 g/mol. The molecule has 2 heterocycles. The zero-order chi connectivity index (χ0) is 14.7. The molecule has 1 aromatic heterocycles. The maximum Gasteiger partial charge on any atom is 0.329 e. The van der Waals surface area contributed by atoms with Crippen molar-refractivity contribution in [1.29, 1.82) is 5.26 Å². The van der Waals surface area contributed by atoms with Gasteiger partial charge in [0.05, 0.1) is 11.2 Å². The highest BCUT2D eigenvalue weighted by Gasteiger charge is 2.49. The molecular weight excluding hydrogens is 235 g/mol. The fourth-order valence-corrected chi connectivity index (χ4v) is 2.15. The van der Waals surface area contributed by atoms with Crippen molar-refractivity contribution in [2.45, 2.75) is 53.5 Å². The van der Waals surface area contributed by atoms with Crippen LogP contribution in [0, 0.1) is 16.7 Å². The summed E-state index contributed by atoms with van der Waals surface area (Å²) in [5.41, 5.74) is 1.57. The minimum Gasteiger partial charge on any atom is -0.425 e. The lowest BCUT2D eigenvalue weighted by Gasteiger charge is -2.34. The topological polar surface area (TPSA) is 45.9 Å². The van der Waals surface area contributed by atoms with Gasteiger partial charge in [0.2, 0.25) is 0 Å². The second kappa shape index (κ2) is 5.75.